The number of hydrogen-bond acceptors (Lipinski definition) is 8. The second kappa shape index (κ2) is 5.78. The molecule has 1 saturated heterocycles. The summed E-state index contributed by atoms with van der Waals surface area (Å²) >= 11 is 0. The minimum Gasteiger partial charge on any atom is -0.464 e. The number of hydrogen-bond donors (Lipinski definition) is 2. The van der Waals surface area contributed by atoms with E-state index in [0.717, 1.165) is 19.5 Å². The predicted octanol–water partition coefficient (Wildman–Crippen LogP) is -0.219. The Kier molecular flexibility index (Phi) is 4.11. The van der Waals surface area contributed by atoms with E-state index in [2.05, 4.69) is 20.4 Å². The molecule has 1 aliphatic heterocycles. The second-order valence-corrected chi connectivity index (χ2v) is 3.91. The Labute approximate surface area is 105 Å². The van der Waals surface area contributed by atoms with Gasteiger partial charge in [0.25, 0.3) is 0 Å². The fourth-order valence-corrected chi connectivity index (χ4v) is 1.85. The van der Waals surface area contributed by atoms with Crippen LogP contribution in [-0.4, -0.2) is 47.9 Å². The van der Waals surface area contributed by atoms with Crippen molar-refractivity contribution >= 4 is 11.9 Å². The maximum absolute atomic E-state index is 5.33. The zero-order valence-electron chi connectivity index (χ0n) is 10.6. The van der Waals surface area contributed by atoms with Crippen LogP contribution >= 0.6 is 0 Å². The number of nitrogens with two attached hydrogens (primary N) is 1. The number of ether oxygens (including phenoxy) is 2. The van der Waals surface area contributed by atoms with Crippen LogP contribution in [0.25, 0.3) is 0 Å². The van der Waals surface area contributed by atoms with E-state index in [1.54, 1.807) is 7.11 Å². The van der Waals surface area contributed by atoms with Crippen molar-refractivity contribution in [1.82, 2.24) is 15.0 Å². The van der Waals surface area contributed by atoms with Gasteiger partial charge in [0.1, 0.15) is 0 Å². The molecule has 0 radical (unpaired) electrons. The lowest BCUT2D eigenvalue weighted by atomic mass is 10.3. The summed E-state index contributed by atoms with van der Waals surface area (Å²) in [6.45, 7) is 3.97. The molecule has 1 atom stereocenters. The van der Waals surface area contributed by atoms with Crippen LogP contribution in [0, 0.1) is 0 Å². The van der Waals surface area contributed by atoms with Crippen molar-refractivity contribution in [3.8, 4) is 6.01 Å². The molecule has 0 saturated carbocycles. The maximum atomic E-state index is 5.33. The van der Waals surface area contributed by atoms with E-state index in [9.17, 15) is 0 Å². The van der Waals surface area contributed by atoms with Crippen LogP contribution in [-0.2, 0) is 4.74 Å². The van der Waals surface area contributed by atoms with Crippen molar-refractivity contribution in [2.75, 3.05) is 37.1 Å². The number of nitrogen functional groups attached to an aromatic ring is 1. The van der Waals surface area contributed by atoms with Gasteiger partial charge in [0.05, 0.1) is 12.7 Å². The molecule has 0 bridgehead atoms. The summed E-state index contributed by atoms with van der Waals surface area (Å²) in [5.41, 5.74) is 2.41. The first-order chi connectivity index (χ1) is 8.76. The standard InChI is InChI=1S/C10H18N6O2/c1-3-18-10-13-8(15-11)12-9(14-10)16-5-4-7(6-16)17-2/h7H,3-6,11H2,1-2H3,(H,12,13,14,15). The van der Waals surface area contributed by atoms with E-state index in [4.69, 9.17) is 15.3 Å². The smallest absolute Gasteiger partial charge is 0.323 e. The van der Waals surface area contributed by atoms with Gasteiger partial charge in [-0.25, -0.2) is 5.84 Å². The van der Waals surface area contributed by atoms with Gasteiger partial charge in [-0.2, -0.15) is 15.0 Å². The maximum Gasteiger partial charge on any atom is 0.323 e. The van der Waals surface area contributed by atoms with Crippen molar-refractivity contribution in [3.05, 3.63) is 0 Å². The zero-order valence-corrected chi connectivity index (χ0v) is 10.6. The normalized spacial score (nSPS) is 19.1. The number of nitrogens with one attached hydrogen (secondary N) is 1. The van der Waals surface area contributed by atoms with Gasteiger partial charge in [-0.3, -0.25) is 5.43 Å². The summed E-state index contributed by atoms with van der Waals surface area (Å²) in [7, 11) is 1.71. The molecular weight excluding hydrogens is 236 g/mol. The van der Waals surface area contributed by atoms with Crippen LogP contribution < -0.4 is 20.9 Å². The quantitative estimate of drug-likeness (QED) is 0.549. The predicted molar refractivity (Wildman–Crippen MR) is 66.4 cm³/mol. The molecule has 18 heavy (non-hydrogen) atoms. The van der Waals surface area contributed by atoms with E-state index in [0.29, 0.717) is 18.5 Å². The number of nitrogens with zero attached hydrogens (tertiary/aromatic N) is 4. The van der Waals surface area contributed by atoms with E-state index < -0.39 is 0 Å². The first-order valence-corrected chi connectivity index (χ1v) is 5.90. The lowest BCUT2D eigenvalue weighted by Gasteiger charge is -2.16. The monoisotopic (exact) mass is 254 g/mol. The van der Waals surface area contributed by atoms with Crippen LogP contribution in [0.1, 0.15) is 13.3 Å². The fourth-order valence-electron chi connectivity index (χ4n) is 1.85. The lowest BCUT2D eigenvalue weighted by Crippen LogP contribution is -2.25. The van der Waals surface area contributed by atoms with Gasteiger partial charge in [0.2, 0.25) is 11.9 Å². The van der Waals surface area contributed by atoms with E-state index >= 15 is 0 Å². The molecule has 0 amide bonds. The SMILES string of the molecule is CCOc1nc(NN)nc(N2CCC(OC)C2)n1. The highest BCUT2D eigenvalue weighted by Gasteiger charge is 2.25. The molecule has 1 fully saturated rings. The lowest BCUT2D eigenvalue weighted by molar-refractivity contribution is 0.121. The molecule has 1 aromatic heterocycles. The van der Waals surface area contributed by atoms with Crippen molar-refractivity contribution in [1.29, 1.82) is 0 Å². The molecular formula is C10H18N6O2. The number of anilines is 2. The fraction of sp³-hybridized carbons (Fsp3) is 0.700. The van der Waals surface area contributed by atoms with Gasteiger partial charge >= 0.3 is 6.01 Å². The third kappa shape index (κ3) is 2.77. The highest BCUT2D eigenvalue weighted by Crippen LogP contribution is 2.20. The Morgan fingerprint density at radius 1 is 1.44 bits per heavy atom. The Morgan fingerprint density at radius 3 is 2.89 bits per heavy atom. The summed E-state index contributed by atoms with van der Waals surface area (Å²) in [4.78, 5) is 14.5. The number of methoxy groups -OCH3 is 1. The first-order valence-electron chi connectivity index (χ1n) is 5.90. The van der Waals surface area contributed by atoms with Crippen LogP contribution in [0.5, 0.6) is 6.01 Å². The molecule has 100 valence electrons. The Morgan fingerprint density at radius 2 is 2.28 bits per heavy atom. The number of hydrazine groups is 1. The minimum atomic E-state index is 0.214. The summed E-state index contributed by atoms with van der Waals surface area (Å²) in [6.07, 6.45) is 1.17. The molecule has 2 heterocycles. The molecule has 8 heteroatoms. The topological polar surface area (TPSA) is 98.4 Å². The molecule has 1 aromatic rings. The van der Waals surface area contributed by atoms with Crippen LogP contribution in [0.15, 0.2) is 0 Å². The van der Waals surface area contributed by atoms with Crippen LogP contribution in [0.4, 0.5) is 11.9 Å². The molecule has 2 rings (SSSR count). The average molecular weight is 254 g/mol. The molecule has 3 N–H and O–H groups in total. The average Bonchev–Trinajstić information content (AvgIpc) is 2.87. The van der Waals surface area contributed by atoms with Crippen LogP contribution in [0.3, 0.4) is 0 Å². The van der Waals surface area contributed by atoms with Gasteiger partial charge in [-0.05, 0) is 13.3 Å². The summed E-state index contributed by atoms with van der Waals surface area (Å²) in [5.74, 6) is 6.19. The Hall–Kier alpha value is -1.67. The van der Waals surface area contributed by atoms with E-state index in [1.165, 1.54) is 0 Å². The van der Waals surface area contributed by atoms with Gasteiger partial charge < -0.3 is 14.4 Å². The van der Waals surface area contributed by atoms with Crippen molar-refractivity contribution < 1.29 is 9.47 Å². The molecule has 0 aliphatic carbocycles. The third-order valence-corrected chi connectivity index (χ3v) is 2.77. The van der Waals surface area contributed by atoms with Gasteiger partial charge in [0.15, 0.2) is 0 Å². The van der Waals surface area contributed by atoms with Crippen molar-refractivity contribution in [2.24, 2.45) is 5.84 Å². The molecule has 0 aromatic carbocycles. The Bertz CT molecular complexity index is 402. The first kappa shape index (κ1) is 12.8. The highest BCUT2D eigenvalue weighted by atomic mass is 16.5. The third-order valence-electron chi connectivity index (χ3n) is 2.77. The molecule has 8 nitrogen and oxygen atoms in total. The van der Waals surface area contributed by atoms with E-state index in [1.807, 2.05) is 11.8 Å². The summed E-state index contributed by atoms with van der Waals surface area (Å²) in [5, 5.41) is 0. The second-order valence-electron chi connectivity index (χ2n) is 3.91. The van der Waals surface area contributed by atoms with Crippen molar-refractivity contribution in [2.45, 2.75) is 19.4 Å². The highest BCUT2D eigenvalue weighted by molar-refractivity contribution is 5.38. The van der Waals surface area contributed by atoms with E-state index in [-0.39, 0.29) is 12.1 Å². The molecule has 0 spiro atoms. The zero-order chi connectivity index (χ0) is 13.0. The Balaban J connectivity index is 2.18. The number of rotatable bonds is 5. The molecule has 1 aliphatic rings. The van der Waals surface area contributed by atoms with Gasteiger partial charge in [0, 0.05) is 20.2 Å². The minimum absolute atomic E-state index is 0.214. The largest absolute Gasteiger partial charge is 0.464 e. The van der Waals surface area contributed by atoms with Crippen LogP contribution in [0.2, 0.25) is 0 Å². The summed E-state index contributed by atoms with van der Waals surface area (Å²) < 4.78 is 10.6. The number of aromatic nitrogens is 3. The molecule has 1 unspecified atom stereocenters. The van der Waals surface area contributed by atoms with Gasteiger partial charge in [-0.15, -0.1) is 0 Å². The summed E-state index contributed by atoms with van der Waals surface area (Å²) in [6, 6.07) is 0.274. The van der Waals surface area contributed by atoms with Crippen molar-refractivity contribution in [3.63, 3.8) is 0 Å². The van der Waals surface area contributed by atoms with Gasteiger partial charge in [-0.1, -0.05) is 0 Å².